The van der Waals surface area contributed by atoms with Gasteiger partial charge >= 0.3 is 5.97 Å². The van der Waals surface area contributed by atoms with Gasteiger partial charge in [0.25, 0.3) is 7.82 Å². The molecule has 0 aliphatic carbocycles. The Balaban J connectivity index is 5.20. The molecule has 0 spiro atoms. The second kappa shape index (κ2) is 55.3. The van der Waals surface area contributed by atoms with Crippen LogP contribution in [0.2, 0.25) is 0 Å². The number of phosphoric acid groups is 1. The summed E-state index contributed by atoms with van der Waals surface area (Å²) >= 11 is 0. The number of carbonyl (C=O) groups is 2. The topological polar surface area (TPSA) is 114 Å². The van der Waals surface area contributed by atoms with Crippen LogP contribution in [0.15, 0.2) is 97.2 Å². The van der Waals surface area contributed by atoms with Crippen molar-refractivity contribution in [3.63, 3.8) is 0 Å². The predicted molar refractivity (Wildman–Crippen MR) is 325 cm³/mol. The molecule has 0 aromatic carbocycles. The van der Waals surface area contributed by atoms with Crippen molar-refractivity contribution >= 4 is 19.7 Å². The van der Waals surface area contributed by atoms with E-state index in [0.717, 1.165) is 122 Å². The first-order chi connectivity index (χ1) is 36.9. The Morgan fingerprint density at radius 3 is 1.29 bits per heavy atom. The van der Waals surface area contributed by atoms with E-state index in [1.54, 1.807) is 0 Å². The van der Waals surface area contributed by atoms with Gasteiger partial charge in [-0.05, 0) is 109 Å². The molecule has 1 N–H and O–H groups in total. The van der Waals surface area contributed by atoms with Gasteiger partial charge in [-0.15, -0.1) is 0 Å². The lowest BCUT2D eigenvalue weighted by Crippen LogP contribution is -2.47. The van der Waals surface area contributed by atoms with Gasteiger partial charge in [0.15, 0.2) is 0 Å². The molecule has 0 heterocycles. The van der Waals surface area contributed by atoms with Gasteiger partial charge in [-0.3, -0.25) is 14.2 Å². The molecule has 76 heavy (non-hydrogen) atoms. The molecular formula is C66H117N2O7P. The first-order valence-corrected chi connectivity index (χ1v) is 32.5. The Morgan fingerprint density at radius 2 is 0.842 bits per heavy atom. The summed E-state index contributed by atoms with van der Waals surface area (Å²) in [4.78, 5) is 39.9. The number of nitrogens with one attached hydrogen (secondary N) is 1. The van der Waals surface area contributed by atoms with Gasteiger partial charge in [-0.1, -0.05) is 234 Å². The fraction of sp³-hybridized carbons (Fsp3) is 0.727. The number of amides is 1. The van der Waals surface area contributed by atoms with Crippen LogP contribution in [0, 0.1) is 0 Å². The molecule has 0 fully saturated rings. The first kappa shape index (κ1) is 72.9. The van der Waals surface area contributed by atoms with Crippen molar-refractivity contribution in [1.82, 2.24) is 5.32 Å². The lowest BCUT2D eigenvalue weighted by molar-refractivity contribution is -0.870. The molecule has 10 heteroatoms. The van der Waals surface area contributed by atoms with Crippen molar-refractivity contribution in [3.05, 3.63) is 97.2 Å². The van der Waals surface area contributed by atoms with Crippen molar-refractivity contribution in [2.24, 2.45) is 0 Å². The molecule has 0 radical (unpaired) electrons. The normalized spacial score (nSPS) is 14.4. The Labute approximate surface area is 468 Å². The SMILES string of the molecule is CC/C=C\C/C=C\C/C=C\C/C=C\C/C=C\C/C=C\CCCCCCCCC(=O)OC(/C=C\CCCCCCCCCCC)C(COP(=O)([O-])OCC[N+](C)(C)C)NC(=O)CCCCC/C=C\CCCCCCCCC. The third-order valence-electron chi connectivity index (χ3n) is 13.2. The third kappa shape index (κ3) is 55.7. The predicted octanol–water partition coefficient (Wildman–Crippen LogP) is 18.5. The lowest BCUT2D eigenvalue weighted by Gasteiger charge is -2.30. The molecule has 3 atom stereocenters. The second-order valence-electron chi connectivity index (χ2n) is 21.8. The van der Waals surface area contributed by atoms with Crippen LogP contribution in [-0.2, 0) is 27.9 Å². The summed E-state index contributed by atoms with van der Waals surface area (Å²) in [6.45, 7) is 6.69. The molecule has 3 unspecified atom stereocenters. The number of ether oxygens (including phenoxy) is 1. The maximum absolute atomic E-state index is 13.5. The molecule has 1 amide bonds. The van der Waals surface area contributed by atoms with Gasteiger partial charge in [-0.2, -0.15) is 0 Å². The fourth-order valence-corrected chi connectivity index (χ4v) is 9.18. The van der Waals surface area contributed by atoms with E-state index in [-0.39, 0.29) is 31.3 Å². The highest BCUT2D eigenvalue weighted by Gasteiger charge is 2.27. The number of phosphoric ester groups is 1. The molecule has 438 valence electrons. The molecule has 0 aliphatic rings. The zero-order chi connectivity index (χ0) is 55.7. The van der Waals surface area contributed by atoms with E-state index in [4.69, 9.17) is 13.8 Å². The second-order valence-corrected chi connectivity index (χ2v) is 23.2. The van der Waals surface area contributed by atoms with Crippen LogP contribution in [0.5, 0.6) is 0 Å². The molecule has 0 saturated carbocycles. The molecule has 0 aromatic rings. The van der Waals surface area contributed by atoms with Crippen molar-refractivity contribution in [2.75, 3.05) is 40.9 Å². The minimum Gasteiger partial charge on any atom is -0.756 e. The number of hydrogen-bond donors (Lipinski definition) is 1. The summed E-state index contributed by atoms with van der Waals surface area (Å²) in [5.74, 6) is -0.580. The van der Waals surface area contributed by atoms with Crippen molar-refractivity contribution in [2.45, 2.75) is 270 Å². The van der Waals surface area contributed by atoms with Gasteiger partial charge in [0.2, 0.25) is 5.91 Å². The van der Waals surface area contributed by atoms with Gasteiger partial charge in [0, 0.05) is 12.8 Å². The highest BCUT2D eigenvalue weighted by Crippen LogP contribution is 2.38. The number of esters is 1. The van der Waals surface area contributed by atoms with E-state index in [9.17, 15) is 19.0 Å². The Morgan fingerprint density at radius 1 is 0.474 bits per heavy atom. The van der Waals surface area contributed by atoms with E-state index in [1.807, 2.05) is 33.3 Å². The van der Waals surface area contributed by atoms with Crippen LogP contribution in [0.4, 0.5) is 0 Å². The standard InChI is InChI=1S/C66H117N2O7P/c1-7-10-13-16-19-22-25-27-29-30-31-32-33-34-35-36-37-38-39-41-44-47-50-53-56-59-66(70)75-64(57-54-51-48-45-42-24-21-18-15-12-9-3)63(62-74-76(71,72)73-61-60-68(4,5)6)67-65(69)58-55-52-49-46-43-40-28-26-23-20-17-14-11-8-2/h10,13,19,22,27,29,31-32,34-35,37-38,40,43,54,57,63-64H,7-9,11-12,14-18,20-21,23-26,28,30,33,36,39,41-42,44-53,55-56,58-62H2,1-6H3,(H-,67,69,71,72)/b13-10-,22-19-,29-27-,32-31-,35-34-,38-37-,43-40-,57-54-. The summed E-state index contributed by atoms with van der Waals surface area (Å²) in [6.07, 6.45) is 73.8. The van der Waals surface area contributed by atoms with E-state index in [0.29, 0.717) is 23.9 Å². The molecule has 0 bridgehead atoms. The van der Waals surface area contributed by atoms with E-state index in [1.165, 1.54) is 89.9 Å². The number of rotatable bonds is 55. The van der Waals surface area contributed by atoms with Gasteiger partial charge in [0.05, 0.1) is 33.8 Å². The average molecular weight is 1080 g/mol. The quantitative estimate of drug-likeness (QED) is 0.0212. The number of carbonyl (C=O) groups excluding carboxylic acids is 2. The molecule has 0 saturated heterocycles. The van der Waals surface area contributed by atoms with Gasteiger partial charge < -0.3 is 28.5 Å². The van der Waals surface area contributed by atoms with Crippen LogP contribution in [0.1, 0.15) is 258 Å². The van der Waals surface area contributed by atoms with Gasteiger partial charge in [0.1, 0.15) is 19.3 Å². The molecule has 0 aliphatic heterocycles. The highest BCUT2D eigenvalue weighted by molar-refractivity contribution is 7.45. The molecule has 0 aromatic heterocycles. The van der Waals surface area contributed by atoms with Crippen LogP contribution < -0.4 is 10.2 Å². The molecular weight excluding hydrogens is 964 g/mol. The lowest BCUT2D eigenvalue weighted by atomic mass is 10.1. The zero-order valence-electron chi connectivity index (χ0n) is 49.9. The zero-order valence-corrected chi connectivity index (χ0v) is 50.8. The maximum atomic E-state index is 13.5. The average Bonchev–Trinajstić information content (AvgIpc) is 3.38. The molecule has 9 nitrogen and oxygen atoms in total. The van der Waals surface area contributed by atoms with Crippen LogP contribution in [-0.4, -0.2) is 69.4 Å². The summed E-state index contributed by atoms with van der Waals surface area (Å²) in [7, 11) is 1.16. The van der Waals surface area contributed by atoms with Gasteiger partial charge in [-0.25, -0.2) is 0 Å². The third-order valence-corrected chi connectivity index (χ3v) is 14.2. The van der Waals surface area contributed by atoms with Crippen molar-refractivity contribution < 1.29 is 37.3 Å². The molecule has 0 rings (SSSR count). The summed E-state index contributed by atoms with van der Waals surface area (Å²) in [5.41, 5.74) is 0. The number of unbranched alkanes of at least 4 members (excludes halogenated alkanes) is 25. The number of allylic oxidation sites excluding steroid dienone is 15. The maximum Gasteiger partial charge on any atom is 0.306 e. The summed E-state index contributed by atoms with van der Waals surface area (Å²) in [5, 5.41) is 3.01. The minimum absolute atomic E-state index is 0.0316. The smallest absolute Gasteiger partial charge is 0.306 e. The monoisotopic (exact) mass is 1080 g/mol. The summed E-state index contributed by atoms with van der Waals surface area (Å²) < 4.78 is 30.3. The van der Waals surface area contributed by atoms with Crippen molar-refractivity contribution in [3.8, 4) is 0 Å². The minimum atomic E-state index is -4.71. The Bertz CT molecular complexity index is 1620. The number of nitrogens with zero attached hydrogens (tertiary/aromatic N) is 1. The van der Waals surface area contributed by atoms with Crippen LogP contribution in [0.25, 0.3) is 0 Å². The van der Waals surface area contributed by atoms with Crippen molar-refractivity contribution in [1.29, 1.82) is 0 Å². The fourth-order valence-electron chi connectivity index (χ4n) is 8.46. The van der Waals surface area contributed by atoms with E-state index < -0.39 is 26.6 Å². The Hall–Kier alpha value is -3.07. The number of hydrogen-bond acceptors (Lipinski definition) is 7. The largest absolute Gasteiger partial charge is 0.756 e. The Kier molecular flexibility index (Phi) is 53.0. The van der Waals surface area contributed by atoms with Crippen LogP contribution >= 0.6 is 7.82 Å². The summed E-state index contributed by atoms with van der Waals surface area (Å²) in [6, 6.07) is -0.907. The number of likely N-dealkylation sites (N-methyl/N-ethyl adjacent to an activating group) is 1. The van der Waals surface area contributed by atoms with E-state index in [2.05, 4.69) is 111 Å². The van der Waals surface area contributed by atoms with Crippen LogP contribution in [0.3, 0.4) is 0 Å². The number of quaternary nitrogens is 1. The first-order valence-electron chi connectivity index (χ1n) is 31.0. The highest BCUT2D eigenvalue weighted by atomic mass is 31.2. The van der Waals surface area contributed by atoms with E-state index >= 15 is 0 Å².